The number of rotatable bonds is 6. The van der Waals surface area contributed by atoms with Crippen molar-refractivity contribution in [2.24, 2.45) is 0 Å². The van der Waals surface area contributed by atoms with E-state index in [-0.39, 0.29) is 12.5 Å². The Labute approximate surface area is 166 Å². The molecule has 0 unspecified atom stereocenters. The maximum Gasteiger partial charge on any atom is 0.407 e. The van der Waals surface area contributed by atoms with Crippen molar-refractivity contribution in [1.29, 1.82) is 0 Å². The first-order chi connectivity index (χ1) is 13.5. The monoisotopic (exact) mass is 403 g/mol. The fraction of sp³-hybridized carbons (Fsp3) is 0.250. The largest absolute Gasteiger partial charge is 0.467 e. The maximum atomic E-state index is 12.2. The van der Waals surface area contributed by atoms with Gasteiger partial charge in [-0.15, -0.1) is 0 Å². The smallest absolute Gasteiger partial charge is 0.407 e. The van der Waals surface area contributed by atoms with Crippen LogP contribution in [0, 0.1) is 0 Å². The van der Waals surface area contributed by atoms with Gasteiger partial charge in [0.2, 0.25) is 0 Å². The van der Waals surface area contributed by atoms with Gasteiger partial charge in [-0.2, -0.15) is 0 Å². The van der Waals surface area contributed by atoms with Gasteiger partial charge in [0.25, 0.3) is 0 Å². The molecule has 0 saturated carbocycles. The molecule has 2 aromatic carbocycles. The van der Waals surface area contributed by atoms with Crippen LogP contribution in [-0.2, 0) is 19.0 Å². The lowest BCUT2D eigenvalue weighted by Gasteiger charge is -2.18. The summed E-state index contributed by atoms with van der Waals surface area (Å²) >= 11 is 5.09. The van der Waals surface area contributed by atoms with Gasteiger partial charge in [-0.1, -0.05) is 48.5 Å². The molecule has 0 saturated heterocycles. The molecule has 0 aromatic heterocycles. The average molecular weight is 404 g/mol. The Morgan fingerprint density at radius 2 is 1.57 bits per heavy atom. The zero-order valence-corrected chi connectivity index (χ0v) is 15.8. The summed E-state index contributed by atoms with van der Waals surface area (Å²) in [7, 11) is 1.15. The van der Waals surface area contributed by atoms with Crippen LogP contribution < -0.4 is 5.32 Å². The molecule has 1 aliphatic rings. The molecule has 28 heavy (non-hydrogen) atoms. The minimum Gasteiger partial charge on any atom is -0.467 e. The molecule has 1 amide bonds. The topological polar surface area (TPSA) is 90.9 Å². The fourth-order valence-corrected chi connectivity index (χ4v) is 3.31. The van der Waals surface area contributed by atoms with E-state index in [9.17, 15) is 14.4 Å². The summed E-state index contributed by atoms with van der Waals surface area (Å²) in [4.78, 5) is 34.6. The van der Waals surface area contributed by atoms with Gasteiger partial charge in [0.05, 0.1) is 7.11 Å². The summed E-state index contributed by atoms with van der Waals surface area (Å²) in [5.74, 6) is -0.901. The van der Waals surface area contributed by atoms with Crippen LogP contribution in [0.1, 0.15) is 17.0 Å². The quantitative estimate of drug-likeness (QED) is 0.451. The predicted octanol–water partition coefficient (Wildman–Crippen LogP) is 3.44. The first-order valence-electron chi connectivity index (χ1n) is 8.53. The maximum absolute atomic E-state index is 12.2. The second-order valence-corrected chi connectivity index (χ2v) is 6.40. The first kappa shape index (κ1) is 19.7. The van der Waals surface area contributed by atoms with E-state index < -0.39 is 30.1 Å². The molecule has 0 heterocycles. The third-order valence-electron chi connectivity index (χ3n) is 4.48. The van der Waals surface area contributed by atoms with Gasteiger partial charge in [-0.05, 0) is 22.3 Å². The van der Waals surface area contributed by atoms with E-state index in [2.05, 4.69) is 14.8 Å². The minimum absolute atomic E-state index is 0.0864. The Morgan fingerprint density at radius 1 is 1.00 bits per heavy atom. The number of amides is 1. The van der Waals surface area contributed by atoms with Gasteiger partial charge in [-0.25, -0.2) is 14.4 Å². The number of alkyl carbamates (subject to hydrolysis) is 1. The summed E-state index contributed by atoms with van der Waals surface area (Å²) in [5, 5.41) is 2.32. The van der Waals surface area contributed by atoms with Crippen LogP contribution in [0.2, 0.25) is 0 Å². The van der Waals surface area contributed by atoms with Crippen LogP contribution in [0.15, 0.2) is 48.5 Å². The molecule has 7 nitrogen and oxygen atoms in total. The molecular weight excluding hydrogens is 386 g/mol. The molecular formula is C20H18ClNO6. The van der Waals surface area contributed by atoms with Gasteiger partial charge in [-0.3, -0.25) is 0 Å². The number of hydrogen-bond acceptors (Lipinski definition) is 6. The molecule has 0 radical (unpaired) electrons. The molecule has 0 bridgehead atoms. The van der Waals surface area contributed by atoms with Crippen LogP contribution in [0.3, 0.4) is 0 Å². The Kier molecular flexibility index (Phi) is 6.16. The molecule has 0 aliphatic heterocycles. The summed E-state index contributed by atoms with van der Waals surface area (Å²) in [5.41, 5.74) is 3.25. The first-order valence-corrected chi connectivity index (χ1v) is 8.90. The summed E-state index contributed by atoms with van der Waals surface area (Å²) in [6, 6.07) is 14.6. The van der Waals surface area contributed by atoms with Crippen molar-refractivity contribution in [2.45, 2.75) is 12.0 Å². The van der Waals surface area contributed by atoms with Crippen molar-refractivity contribution in [3.8, 4) is 11.1 Å². The van der Waals surface area contributed by atoms with Gasteiger partial charge >= 0.3 is 17.5 Å². The minimum atomic E-state index is -1.22. The molecule has 3 rings (SSSR count). The van der Waals surface area contributed by atoms with E-state index in [0.29, 0.717) is 0 Å². The van der Waals surface area contributed by atoms with Gasteiger partial charge in [0.1, 0.15) is 13.2 Å². The van der Waals surface area contributed by atoms with Crippen LogP contribution in [-0.4, -0.2) is 43.9 Å². The molecule has 2 aromatic rings. The number of halogens is 1. The average Bonchev–Trinajstić information content (AvgIpc) is 3.02. The van der Waals surface area contributed by atoms with Crippen LogP contribution >= 0.6 is 11.6 Å². The van der Waals surface area contributed by atoms with Crippen molar-refractivity contribution < 1.29 is 28.6 Å². The van der Waals surface area contributed by atoms with E-state index >= 15 is 0 Å². The predicted molar refractivity (Wildman–Crippen MR) is 101 cm³/mol. The number of methoxy groups -OCH3 is 1. The number of esters is 1. The Bertz CT molecular complexity index is 854. The lowest BCUT2D eigenvalue weighted by atomic mass is 9.98. The molecule has 146 valence electrons. The molecule has 0 fully saturated rings. The zero-order valence-electron chi connectivity index (χ0n) is 15.0. The summed E-state index contributed by atoms with van der Waals surface area (Å²) in [6.07, 6.45) is -0.831. The summed E-state index contributed by atoms with van der Waals surface area (Å²) < 4.78 is 14.5. The van der Waals surface area contributed by atoms with Crippen molar-refractivity contribution in [2.75, 3.05) is 20.3 Å². The normalized spacial score (nSPS) is 13.1. The number of carbonyl (C=O) groups is 3. The van der Waals surface area contributed by atoms with E-state index in [1.165, 1.54) is 0 Å². The van der Waals surface area contributed by atoms with Crippen molar-refractivity contribution in [3.63, 3.8) is 0 Å². The number of fused-ring (bicyclic) bond motifs is 3. The highest BCUT2D eigenvalue weighted by Crippen LogP contribution is 2.44. The molecule has 0 spiro atoms. The van der Waals surface area contributed by atoms with Crippen molar-refractivity contribution in [3.05, 3.63) is 59.7 Å². The van der Waals surface area contributed by atoms with Gasteiger partial charge in [0.15, 0.2) is 6.04 Å². The van der Waals surface area contributed by atoms with E-state index in [0.717, 1.165) is 29.4 Å². The standard InChI is InChI=1S/C20H18ClNO6/c1-26-18(23)17(11-27-19(21)24)22-20(25)28-10-16-14-8-4-2-6-12(14)13-7-3-5-9-15(13)16/h2-9,16-17H,10-11H2,1H3,(H,22,25)/t17-/m0/s1. The highest BCUT2D eigenvalue weighted by atomic mass is 35.5. The lowest BCUT2D eigenvalue weighted by Crippen LogP contribution is -2.45. The molecule has 1 aliphatic carbocycles. The van der Waals surface area contributed by atoms with Crippen LogP contribution in [0.25, 0.3) is 11.1 Å². The third-order valence-corrected chi connectivity index (χ3v) is 4.59. The number of ether oxygens (including phenoxy) is 3. The molecule has 1 N–H and O–H groups in total. The summed E-state index contributed by atoms with van der Waals surface area (Å²) in [6.45, 7) is -0.373. The zero-order chi connectivity index (χ0) is 20.1. The number of carbonyl (C=O) groups excluding carboxylic acids is 3. The van der Waals surface area contributed by atoms with Crippen molar-refractivity contribution in [1.82, 2.24) is 5.32 Å². The van der Waals surface area contributed by atoms with Crippen molar-refractivity contribution >= 4 is 29.1 Å². The second kappa shape index (κ2) is 8.75. The fourth-order valence-electron chi connectivity index (χ4n) is 3.24. The number of nitrogens with one attached hydrogen (secondary N) is 1. The molecule has 8 heteroatoms. The number of hydrogen-bond donors (Lipinski definition) is 1. The Morgan fingerprint density at radius 3 is 2.11 bits per heavy atom. The van der Waals surface area contributed by atoms with E-state index in [4.69, 9.17) is 16.3 Å². The van der Waals surface area contributed by atoms with Gasteiger partial charge < -0.3 is 19.5 Å². The highest BCUT2D eigenvalue weighted by Gasteiger charge is 2.30. The second-order valence-electron chi connectivity index (χ2n) is 6.09. The molecule has 1 atom stereocenters. The van der Waals surface area contributed by atoms with Crippen LogP contribution in [0.5, 0.6) is 0 Å². The third kappa shape index (κ3) is 4.26. The lowest BCUT2D eigenvalue weighted by molar-refractivity contribution is -0.143. The SMILES string of the molecule is COC(=O)[C@H](COC(=O)Cl)NC(=O)OCC1c2ccccc2-c2ccccc21. The highest BCUT2D eigenvalue weighted by molar-refractivity contribution is 6.61. The van der Waals surface area contributed by atoms with E-state index in [1.54, 1.807) is 0 Å². The van der Waals surface area contributed by atoms with Crippen LogP contribution in [0.4, 0.5) is 9.59 Å². The number of benzene rings is 2. The Hall–Kier alpha value is -3.06. The van der Waals surface area contributed by atoms with Gasteiger partial charge in [0, 0.05) is 17.5 Å². The Balaban J connectivity index is 1.67. The van der Waals surface area contributed by atoms with E-state index in [1.807, 2.05) is 48.5 Å².